The SMILES string of the molecule is Cn1ncc(Cl)c1-c1cc(NC(=O)c2ccc(=O)[nH]n2)ccc1OCCN.O=C(O)C(F)(F)F. The number of hydrogen-bond acceptors (Lipinski definition) is 7. The second-order valence-corrected chi connectivity index (χ2v) is 6.78. The number of anilines is 1. The van der Waals surface area contributed by atoms with Crippen molar-refractivity contribution >= 4 is 29.2 Å². The summed E-state index contributed by atoms with van der Waals surface area (Å²) >= 11 is 6.26. The smallest absolute Gasteiger partial charge is 0.490 e. The first-order valence-corrected chi connectivity index (χ1v) is 9.63. The summed E-state index contributed by atoms with van der Waals surface area (Å²) in [6.07, 6.45) is -3.56. The quantitative estimate of drug-likeness (QED) is 0.397. The van der Waals surface area contributed by atoms with Gasteiger partial charge in [-0.2, -0.15) is 23.4 Å². The molecule has 5 N–H and O–H groups in total. The zero-order chi connectivity index (χ0) is 25.5. The number of carbonyl (C=O) groups is 2. The summed E-state index contributed by atoms with van der Waals surface area (Å²) in [5.74, 6) is -2.66. The third kappa shape index (κ3) is 7.05. The number of nitrogens with zero attached hydrogens (tertiary/aromatic N) is 3. The van der Waals surface area contributed by atoms with E-state index in [1.807, 2.05) is 0 Å². The number of rotatable bonds is 6. The molecular weight excluding hydrogens is 485 g/mol. The monoisotopic (exact) mass is 502 g/mol. The Morgan fingerprint density at radius 1 is 1.29 bits per heavy atom. The van der Waals surface area contributed by atoms with Crippen LogP contribution in [0.1, 0.15) is 10.5 Å². The number of H-pyrrole nitrogens is 1. The number of hydrogen-bond donors (Lipinski definition) is 4. The molecule has 3 aromatic rings. The lowest BCUT2D eigenvalue weighted by atomic mass is 10.1. The summed E-state index contributed by atoms with van der Waals surface area (Å²) in [4.78, 5) is 32.3. The van der Waals surface area contributed by atoms with Gasteiger partial charge >= 0.3 is 12.1 Å². The van der Waals surface area contributed by atoms with Crippen molar-refractivity contribution in [1.82, 2.24) is 20.0 Å². The summed E-state index contributed by atoms with van der Waals surface area (Å²) in [5.41, 5.74) is 7.01. The van der Waals surface area contributed by atoms with Crippen LogP contribution in [0.5, 0.6) is 5.75 Å². The van der Waals surface area contributed by atoms with Gasteiger partial charge < -0.3 is 20.9 Å². The summed E-state index contributed by atoms with van der Waals surface area (Å²) < 4.78 is 39.0. The molecule has 0 spiro atoms. The second-order valence-electron chi connectivity index (χ2n) is 6.38. The Morgan fingerprint density at radius 3 is 2.47 bits per heavy atom. The Bertz CT molecular complexity index is 1190. The Labute approximate surface area is 194 Å². The molecule has 3 rings (SSSR count). The van der Waals surface area contributed by atoms with Crippen LogP contribution in [0.25, 0.3) is 11.3 Å². The first kappa shape index (κ1) is 26.3. The minimum atomic E-state index is -5.08. The molecule has 0 aliphatic heterocycles. The first-order chi connectivity index (χ1) is 15.9. The van der Waals surface area contributed by atoms with Crippen molar-refractivity contribution in [2.24, 2.45) is 12.8 Å². The van der Waals surface area contributed by atoms with Crippen LogP contribution in [0.4, 0.5) is 18.9 Å². The normalized spacial score (nSPS) is 10.8. The molecule has 0 saturated carbocycles. The number of aryl methyl sites for hydroxylation is 1. The second kappa shape index (κ2) is 11.3. The average Bonchev–Trinajstić information content (AvgIpc) is 3.10. The standard InChI is InChI=1S/C17H17ClN6O3.C2HF3O2/c1-24-16(12(18)9-20-24)11-8-10(2-4-14(11)27-7-6-19)21-17(26)13-3-5-15(25)23-22-13;3-2(4,5)1(6)7/h2-5,8-9H,6-7,19H2,1H3,(H,21,26)(H,23,25);(H,6,7). The number of aromatic amines is 1. The van der Waals surface area contributed by atoms with Gasteiger partial charge in [-0.05, 0) is 24.3 Å². The van der Waals surface area contributed by atoms with Gasteiger partial charge in [-0.1, -0.05) is 11.6 Å². The molecular formula is C19H18ClF3N6O5. The highest BCUT2D eigenvalue weighted by Crippen LogP contribution is 2.36. The third-order valence-corrected chi connectivity index (χ3v) is 4.19. The number of ether oxygens (including phenoxy) is 1. The van der Waals surface area contributed by atoms with Crippen molar-refractivity contribution in [3.63, 3.8) is 0 Å². The van der Waals surface area contributed by atoms with Gasteiger partial charge in [0, 0.05) is 30.9 Å². The van der Waals surface area contributed by atoms with Gasteiger partial charge in [0.25, 0.3) is 11.5 Å². The van der Waals surface area contributed by atoms with Crippen molar-refractivity contribution in [1.29, 1.82) is 0 Å². The number of halogens is 4. The number of carboxylic acid groups (broad SMARTS) is 1. The molecule has 11 nitrogen and oxygen atoms in total. The van der Waals surface area contributed by atoms with Crippen LogP contribution in [0.2, 0.25) is 5.02 Å². The Morgan fingerprint density at radius 2 is 1.97 bits per heavy atom. The molecule has 182 valence electrons. The fourth-order valence-electron chi connectivity index (χ4n) is 2.47. The van der Waals surface area contributed by atoms with Gasteiger partial charge in [0.15, 0.2) is 0 Å². The highest BCUT2D eigenvalue weighted by Gasteiger charge is 2.38. The van der Waals surface area contributed by atoms with E-state index in [0.717, 1.165) is 0 Å². The van der Waals surface area contributed by atoms with E-state index in [9.17, 15) is 22.8 Å². The number of benzene rings is 1. The lowest BCUT2D eigenvalue weighted by Crippen LogP contribution is -2.21. The summed E-state index contributed by atoms with van der Waals surface area (Å²) in [7, 11) is 1.75. The molecule has 0 aliphatic rings. The maximum absolute atomic E-state index is 12.3. The molecule has 0 saturated heterocycles. The van der Waals surface area contributed by atoms with Gasteiger partial charge in [0.05, 0.1) is 16.9 Å². The van der Waals surface area contributed by atoms with Crippen molar-refractivity contribution in [3.8, 4) is 17.0 Å². The number of carboxylic acids is 1. The summed E-state index contributed by atoms with van der Waals surface area (Å²) in [6, 6.07) is 7.68. The molecule has 1 amide bonds. The van der Waals surface area contributed by atoms with E-state index >= 15 is 0 Å². The van der Waals surface area contributed by atoms with Crippen LogP contribution >= 0.6 is 11.6 Å². The maximum Gasteiger partial charge on any atom is 0.490 e. The van der Waals surface area contributed by atoms with E-state index in [0.29, 0.717) is 40.9 Å². The van der Waals surface area contributed by atoms with Gasteiger partial charge in [-0.25, -0.2) is 9.89 Å². The van der Waals surface area contributed by atoms with Crippen LogP contribution in [0.3, 0.4) is 0 Å². The Balaban J connectivity index is 0.000000509. The van der Waals surface area contributed by atoms with Crippen molar-refractivity contribution in [3.05, 3.63) is 57.6 Å². The molecule has 15 heteroatoms. The summed E-state index contributed by atoms with van der Waals surface area (Å²) in [5, 5.41) is 20.4. The van der Waals surface area contributed by atoms with Crippen molar-refractivity contribution in [2.75, 3.05) is 18.5 Å². The molecule has 1 aromatic carbocycles. The van der Waals surface area contributed by atoms with Crippen LogP contribution in [0.15, 0.2) is 41.3 Å². The Hall–Kier alpha value is -3.91. The number of amides is 1. The minimum absolute atomic E-state index is 0.0816. The zero-order valence-corrected chi connectivity index (χ0v) is 18.1. The highest BCUT2D eigenvalue weighted by molar-refractivity contribution is 6.33. The maximum atomic E-state index is 12.3. The fraction of sp³-hybridized carbons (Fsp3) is 0.211. The number of nitrogens with one attached hydrogen (secondary N) is 2. The molecule has 0 radical (unpaired) electrons. The van der Waals surface area contributed by atoms with E-state index in [2.05, 4.69) is 20.6 Å². The fourth-order valence-corrected chi connectivity index (χ4v) is 2.74. The van der Waals surface area contributed by atoms with Gasteiger partial charge in [-0.3, -0.25) is 14.3 Å². The minimum Gasteiger partial charge on any atom is -0.492 e. The third-order valence-electron chi connectivity index (χ3n) is 3.92. The van der Waals surface area contributed by atoms with Crippen LogP contribution in [-0.4, -0.2) is 56.3 Å². The largest absolute Gasteiger partial charge is 0.492 e. The predicted molar refractivity (Wildman–Crippen MR) is 115 cm³/mol. The van der Waals surface area contributed by atoms with Crippen LogP contribution in [0, 0.1) is 0 Å². The van der Waals surface area contributed by atoms with E-state index < -0.39 is 18.1 Å². The molecule has 2 aromatic heterocycles. The lowest BCUT2D eigenvalue weighted by molar-refractivity contribution is -0.192. The number of nitrogens with two attached hydrogens (primary N) is 1. The van der Waals surface area contributed by atoms with Crippen LogP contribution in [-0.2, 0) is 11.8 Å². The molecule has 34 heavy (non-hydrogen) atoms. The molecule has 2 heterocycles. The average molecular weight is 503 g/mol. The molecule has 0 bridgehead atoms. The number of aliphatic carboxylic acids is 1. The lowest BCUT2D eigenvalue weighted by Gasteiger charge is -2.14. The van der Waals surface area contributed by atoms with Crippen molar-refractivity contribution < 1.29 is 32.6 Å². The van der Waals surface area contributed by atoms with E-state index in [1.54, 1.807) is 29.9 Å². The van der Waals surface area contributed by atoms with Gasteiger partial charge in [0.1, 0.15) is 18.1 Å². The van der Waals surface area contributed by atoms with E-state index in [4.69, 9.17) is 32.0 Å². The summed E-state index contributed by atoms with van der Waals surface area (Å²) in [6.45, 7) is 0.685. The van der Waals surface area contributed by atoms with Crippen LogP contribution < -0.4 is 21.3 Å². The number of carbonyl (C=O) groups excluding carboxylic acids is 1. The molecule has 0 fully saturated rings. The molecule has 0 aliphatic carbocycles. The number of aromatic nitrogens is 4. The van der Waals surface area contributed by atoms with E-state index in [1.165, 1.54) is 18.3 Å². The predicted octanol–water partition coefficient (Wildman–Crippen LogP) is 2.05. The van der Waals surface area contributed by atoms with Gasteiger partial charge in [-0.15, -0.1) is 0 Å². The first-order valence-electron chi connectivity index (χ1n) is 9.26. The Kier molecular flexibility index (Phi) is 8.75. The zero-order valence-electron chi connectivity index (χ0n) is 17.4. The topological polar surface area (TPSA) is 165 Å². The number of alkyl halides is 3. The molecule has 0 atom stereocenters. The van der Waals surface area contributed by atoms with Gasteiger partial charge in [0.2, 0.25) is 0 Å². The van der Waals surface area contributed by atoms with Crippen molar-refractivity contribution in [2.45, 2.75) is 6.18 Å². The molecule has 0 unspecified atom stereocenters. The highest BCUT2D eigenvalue weighted by atomic mass is 35.5. The van der Waals surface area contributed by atoms with E-state index in [-0.39, 0.29) is 11.3 Å².